The predicted molar refractivity (Wildman–Crippen MR) is 84.3 cm³/mol. The topological polar surface area (TPSA) is 52.7 Å². The number of amides is 2. The Morgan fingerprint density at radius 3 is 2.10 bits per heavy atom. The van der Waals surface area contributed by atoms with Gasteiger partial charge in [0.25, 0.3) is 0 Å². The van der Waals surface area contributed by atoms with Crippen molar-refractivity contribution in [2.45, 2.75) is 0 Å². The van der Waals surface area contributed by atoms with Gasteiger partial charge in [0.1, 0.15) is 4.99 Å². The molecule has 0 aromatic heterocycles. The number of hydrogen-bond donors (Lipinski definition) is 1. The average molecular weight is 307 g/mol. The second-order valence-electron chi connectivity index (χ2n) is 4.37. The maximum Gasteiger partial charge on any atom is 0.248 e. The minimum Gasteiger partial charge on any atom is -0.349 e. The first kappa shape index (κ1) is 14.5. The molecule has 1 N–H and O–H groups in total. The molecule has 0 unspecified atom stereocenters. The van der Waals surface area contributed by atoms with Crippen molar-refractivity contribution < 1.29 is 9.59 Å². The molecule has 0 radical (unpaired) electrons. The van der Waals surface area contributed by atoms with Gasteiger partial charge in [-0.3, -0.25) is 19.4 Å². The van der Waals surface area contributed by atoms with Gasteiger partial charge in [-0.2, -0.15) is 0 Å². The van der Waals surface area contributed by atoms with Gasteiger partial charge in [0.05, 0.1) is 0 Å². The second-order valence-corrected chi connectivity index (χ2v) is 5.17. The summed E-state index contributed by atoms with van der Waals surface area (Å²) in [6.45, 7) is 0. The highest BCUT2D eigenvalue weighted by Gasteiger charge is 2.42. The summed E-state index contributed by atoms with van der Waals surface area (Å²) in [6.07, 6.45) is 0. The molecule has 5 nitrogen and oxygen atoms in total. The maximum atomic E-state index is 12.2. The molecule has 1 aromatic rings. The van der Waals surface area contributed by atoms with Crippen LogP contribution in [-0.4, -0.2) is 45.8 Å². The number of hydrogen-bond acceptors (Lipinski definition) is 4. The van der Waals surface area contributed by atoms with Crippen molar-refractivity contribution in [1.82, 2.24) is 9.80 Å². The van der Waals surface area contributed by atoms with Crippen molar-refractivity contribution in [3.05, 3.63) is 30.3 Å². The molecule has 1 aliphatic heterocycles. The zero-order valence-corrected chi connectivity index (χ0v) is 12.6. The van der Waals surface area contributed by atoms with Crippen LogP contribution in [0.2, 0.25) is 0 Å². The van der Waals surface area contributed by atoms with Gasteiger partial charge in [-0.1, -0.05) is 30.4 Å². The number of nitrogens with zero attached hydrogens (tertiary/aromatic N) is 2. The highest BCUT2D eigenvalue weighted by atomic mass is 32.1. The number of carbonyl (C=O) groups is 2. The van der Waals surface area contributed by atoms with E-state index >= 15 is 0 Å². The molecule has 104 valence electrons. The number of rotatable bonds is 2. The number of nitrogens with one attached hydrogen (secondary N) is 1. The Kier molecular flexibility index (Phi) is 4.10. The molecule has 0 spiro atoms. The van der Waals surface area contributed by atoms with E-state index in [4.69, 9.17) is 24.4 Å². The van der Waals surface area contributed by atoms with Gasteiger partial charge in [0, 0.05) is 19.8 Å². The summed E-state index contributed by atoms with van der Waals surface area (Å²) in [6, 6.07) is 9.15. The standard InChI is InChI=1S/C13H13N3O2S2/c1-15-11(17)9(12(18)16(2)13(15)20)10(19)14-8-6-4-3-5-7-8/h3-7,9H,1-2H3,(H,14,19). The summed E-state index contributed by atoms with van der Waals surface area (Å²) in [5.74, 6) is -1.86. The Bertz CT molecular complexity index is 565. The monoisotopic (exact) mass is 307 g/mol. The van der Waals surface area contributed by atoms with E-state index < -0.39 is 17.7 Å². The van der Waals surface area contributed by atoms with Crippen LogP contribution in [0.5, 0.6) is 0 Å². The highest BCUT2D eigenvalue weighted by Crippen LogP contribution is 2.18. The van der Waals surface area contributed by atoms with Crippen LogP contribution in [0.1, 0.15) is 0 Å². The summed E-state index contributed by atoms with van der Waals surface area (Å²) in [7, 11) is 3.07. The molecule has 0 saturated carbocycles. The second kappa shape index (κ2) is 5.64. The Labute approximate surface area is 127 Å². The summed E-state index contributed by atoms with van der Waals surface area (Å²) in [4.78, 5) is 27.1. The summed E-state index contributed by atoms with van der Waals surface area (Å²) in [5.41, 5.74) is 0.733. The third-order valence-corrected chi connectivity index (χ3v) is 3.92. The molecular formula is C13H13N3O2S2. The predicted octanol–water partition coefficient (Wildman–Crippen LogP) is 1.26. The average Bonchev–Trinajstić information content (AvgIpc) is 2.44. The van der Waals surface area contributed by atoms with Crippen molar-refractivity contribution in [2.75, 3.05) is 19.4 Å². The van der Waals surface area contributed by atoms with Gasteiger partial charge in [0.15, 0.2) is 11.0 Å². The van der Waals surface area contributed by atoms with Crippen LogP contribution in [0, 0.1) is 5.92 Å². The van der Waals surface area contributed by atoms with E-state index in [1.54, 1.807) is 0 Å². The van der Waals surface area contributed by atoms with Crippen LogP contribution in [0.4, 0.5) is 5.69 Å². The van der Waals surface area contributed by atoms with Crippen molar-refractivity contribution in [3.8, 4) is 0 Å². The zero-order chi connectivity index (χ0) is 14.9. The molecule has 20 heavy (non-hydrogen) atoms. The van der Waals surface area contributed by atoms with Crippen LogP contribution < -0.4 is 5.32 Å². The summed E-state index contributed by atoms with van der Waals surface area (Å²) in [5, 5.41) is 3.10. The van der Waals surface area contributed by atoms with E-state index in [-0.39, 0.29) is 10.1 Å². The van der Waals surface area contributed by atoms with Crippen LogP contribution in [0.25, 0.3) is 0 Å². The smallest absolute Gasteiger partial charge is 0.248 e. The van der Waals surface area contributed by atoms with Gasteiger partial charge in [-0.25, -0.2) is 0 Å². The number of para-hydroxylation sites is 1. The van der Waals surface area contributed by atoms with Crippen molar-refractivity contribution in [3.63, 3.8) is 0 Å². The quantitative estimate of drug-likeness (QED) is 0.658. The normalized spacial score (nSPS) is 16.6. The summed E-state index contributed by atoms with van der Waals surface area (Å²) < 4.78 is 0. The molecule has 2 rings (SSSR count). The molecule has 7 heteroatoms. The molecular weight excluding hydrogens is 294 g/mol. The van der Waals surface area contributed by atoms with Crippen molar-refractivity contribution >= 4 is 52.0 Å². The Balaban J connectivity index is 2.22. The third kappa shape index (κ3) is 2.54. The number of benzene rings is 1. The first-order chi connectivity index (χ1) is 9.43. The zero-order valence-electron chi connectivity index (χ0n) is 11.0. The van der Waals surface area contributed by atoms with E-state index in [1.165, 1.54) is 23.9 Å². The largest absolute Gasteiger partial charge is 0.349 e. The molecule has 0 atom stereocenters. The lowest BCUT2D eigenvalue weighted by Crippen LogP contribution is -2.59. The van der Waals surface area contributed by atoms with Gasteiger partial charge in [0.2, 0.25) is 11.8 Å². The van der Waals surface area contributed by atoms with E-state index in [0.29, 0.717) is 0 Å². The van der Waals surface area contributed by atoms with Crippen LogP contribution in [-0.2, 0) is 9.59 Å². The fourth-order valence-electron chi connectivity index (χ4n) is 1.87. The maximum absolute atomic E-state index is 12.2. The van der Waals surface area contributed by atoms with Crippen LogP contribution in [0.3, 0.4) is 0 Å². The highest BCUT2D eigenvalue weighted by molar-refractivity contribution is 7.81. The minimum atomic E-state index is -1.04. The number of thiocarbonyl (C=S) groups is 2. The first-order valence-electron chi connectivity index (χ1n) is 5.88. The van der Waals surface area contributed by atoms with Gasteiger partial charge < -0.3 is 5.32 Å². The molecule has 2 amide bonds. The van der Waals surface area contributed by atoms with Crippen molar-refractivity contribution in [1.29, 1.82) is 0 Å². The lowest BCUT2D eigenvalue weighted by atomic mass is 10.0. The fraction of sp³-hybridized carbons (Fsp3) is 0.231. The SMILES string of the molecule is CN1C(=O)C(C(=S)Nc2ccccc2)C(=O)N(C)C1=S. The molecule has 1 aromatic carbocycles. The van der Waals surface area contributed by atoms with Crippen LogP contribution >= 0.6 is 24.4 Å². The van der Waals surface area contributed by atoms with E-state index in [2.05, 4.69) is 5.32 Å². The van der Waals surface area contributed by atoms with Gasteiger partial charge >= 0.3 is 0 Å². The number of anilines is 1. The van der Waals surface area contributed by atoms with E-state index in [0.717, 1.165) is 5.69 Å². The van der Waals surface area contributed by atoms with Gasteiger partial charge in [-0.15, -0.1) is 0 Å². The van der Waals surface area contributed by atoms with Gasteiger partial charge in [-0.05, 0) is 24.4 Å². The van der Waals surface area contributed by atoms with Crippen molar-refractivity contribution in [2.24, 2.45) is 5.92 Å². The molecule has 0 bridgehead atoms. The van der Waals surface area contributed by atoms with Crippen LogP contribution in [0.15, 0.2) is 30.3 Å². The Morgan fingerprint density at radius 1 is 1.10 bits per heavy atom. The Morgan fingerprint density at radius 2 is 1.60 bits per heavy atom. The molecule has 1 heterocycles. The molecule has 0 aliphatic carbocycles. The van der Waals surface area contributed by atoms with E-state index in [9.17, 15) is 9.59 Å². The molecule has 1 fully saturated rings. The fourth-order valence-corrected chi connectivity index (χ4v) is 2.37. The first-order valence-corrected chi connectivity index (χ1v) is 6.70. The summed E-state index contributed by atoms with van der Waals surface area (Å²) >= 11 is 10.2. The third-order valence-electron chi connectivity index (χ3n) is 3.03. The van der Waals surface area contributed by atoms with E-state index in [1.807, 2.05) is 30.3 Å². The Hall–Kier alpha value is -1.86. The number of carbonyl (C=O) groups excluding carboxylic acids is 2. The molecule has 1 aliphatic rings. The lowest BCUT2D eigenvalue weighted by Gasteiger charge is -2.35. The molecule has 1 saturated heterocycles. The minimum absolute atomic E-state index is 0.174. The lowest BCUT2D eigenvalue weighted by molar-refractivity contribution is -0.142.